The van der Waals surface area contributed by atoms with E-state index in [9.17, 15) is 14.0 Å². The van der Waals surface area contributed by atoms with E-state index in [0.29, 0.717) is 17.2 Å². The Labute approximate surface area is 144 Å². The Balaban J connectivity index is 1.62. The molecule has 130 valence electrons. The highest BCUT2D eigenvalue weighted by Gasteiger charge is 2.17. The van der Waals surface area contributed by atoms with Gasteiger partial charge in [0.25, 0.3) is 0 Å². The number of nitrogens with one attached hydrogen (secondary N) is 1. The third-order valence-corrected chi connectivity index (χ3v) is 3.72. The van der Waals surface area contributed by atoms with E-state index in [1.807, 2.05) is 0 Å². The van der Waals surface area contributed by atoms with Crippen molar-refractivity contribution in [2.45, 2.75) is 13.5 Å². The van der Waals surface area contributed by atoms with Gasteiger partial charge in [0, 0.05) is 25.2 Å². The molecule has 1 N–H and O–H groups in total. The molecular weight excluding hydrogens is 327 g/mol. The highest BCUT2D eigenvalue weighted by atomic mass is 19.1. The van der Waals surface area contributed by atoms with Crippen LogP contribution in [-0.4, -0.2) is 30.1 Å². The summed E-state index contributed by atoms with van der Waals surface area (Å²) in [6.45, 7) is 1.66. The van der Waals surface area contributed by atoms with Gasteiger partial charge in [-0.1, -0.05) is 12.1 Å². The molecule has 1 aliphatic rings. The van der Waals surface area contributed by atoms with Gasteiger partial charge in [0.15, 0.2) is 11.5 Å². The van der Waals surface area contributed by atoms with Crippen molar-refractivity contribution in [2.24, 2.45) is 0 Å². The molecule has 25 heavy (non-hydrogen) atoms. The monoisotopic (exact) mass is 344 g/mol. The van der Waals surface area contributed by atoms with Crippen LogP contribution in [0.4, 0.5) is 10.1 Å². The Morgan fingerprint density at radius 2 is 1.84 bits per heavy atom. The number of anilines is 1. The Kier molecular flexibility index (Phi) is 4.83. The molecule has 0 bridgehead atoms. The van der Waals surface area contributed by atoms with Crippen LogP contribution in [-0.2, 0) is 16.1 Å². The van der Waals surface area contributed by atoms with Crippen LogP contribution in [0.1, 0.15) is 12.5 Å². The van der Waals surface area contributed by atoms with Crippen molar-refractivity contribution in [2.75, 3.05) is 18.7 Å². The molecule has 2 aromatic carbocycles. The zero-order valence-electron chi connectivity index (χ0n) is 13.6. The predicted molar refractivity (Wildman–Crippen MR) is 88.7 cm³/mol. The van der Waals surface area contributed by atoms with E-state index >= 15 is 0 Å². The summed E-state index contributed by atoms with van der Waals surface area (Å²) in [4.78, 5) is 25.4. The van der Waals surface area contributed by atoms with Crippen LogP contribution in [0.25, 0.3) is 0 Å². The van der Waals surface area contributed by atoms with Gasteiger partial charge in [0.1, 0.15) is 12.4 Å². The summed E-state index contributed by atoms with van der Waals surface area (Å²) in [5, 5.41) is 2.72. The second-order valence-electron chi connectivity index (χ2n) is 5.62. The van der Waals surface area contributed by atoms with Crippen molar-refractivity contribution in [3.63, 3.8) is 0 Å². The first kappa shape index (κ1) is 16.8. The van der Waals surface area contributed by atoms with E-state index in [1.54, 1.807) is 30.3 Å². The van der Waals surface area contributed by atoms with E-state index in [2.05, 4.69) is 5.32 Å². The maximum absolute atomic E-state index is 13.0. The molecule has 2 aromatic rings. The first-order chi connectivity index (χ1) is 12.0. The lowest BCUT2D eigenvalue weighted by atomic mass is 10.2. The molecule has 0 aliphatic carbocycles. The predicted octanol–water partition coefficient (Wildman–Crippen LogP) is 2.54. The highest BCUT2D eigenvalue weighted by molar-refractivity contribution is 5.94. The Morgan fingerprint density at radius 3 is 2.56 bits per heavy atom. The third kappa shape index (κ3) is 4.26. The van der Waals surface area contributed by atoms with Gasteiger partial charge >= 0.3 is 0 Å². The lowest BCUT2D eigenvalue weighted by molar-refractivity contribution is -0.133. The minimum atomic E-state index is -0.348. The average Bonchev–Trinajstić information content (AvgIpc) is 3.03. The number of carbonyl (C=O) groups is 2. The zero-order valence-corrected chi connectivity index (χ0v) is 13.6. The average molecular weight is 344 g/mol. The summed E-state index contributed by atoms with van der Waals surface area (Å²) >= 11 is 0. The minimum Gasteiger partial charge on any atom is -0.454 e. The molecule has 6 nitrogen and oxygen atoms in total. The summed E-state index contributed by atoms with van der Waals surface area (Å²) < 4.78 is 23.4. The molecule has 0 radical (unpaired) electrons. The van der Waals surface area contributed by atoms with Gasteiger partial charge in [-0.15, -0.1) is 0 Å². The van der Waals surface area contributed by atoms with Crippen molar-refractivity contribution in [3.05, 3.63) is 53.8 Å². The Morgan fingerprint density at radius 1 is 1.12 bits per heavy atom. The van der Waals surface area contributed by atoms with Crippen LogP contribution in [0.3, 0.4) is 0 Å². The highest BCUT2D eigenvalue weighted by Crippen LogP contribution is 2.34. The van der Waals surface area contributed by atoms with Gasteiger partial charge in [-0.25, -0.2) is 4.39 Å². The fourth-order valence-corrected chi connectivity index (χ4v) is 2.44. The lowest BCUT2D eigenvalue weighted by Crippen LogP contribution is -2.36. The number of hydrogen-bond donors (Lipinski definition) is 1. The van der Waals surface area contributed by atoms with Gasteiger partial charge in [-0.05, 0) is 29.8 Å². The second kappa shape index (κ2) is 7.21. The largest absolute Gasteiger partial charge is 0.454 e. The molecule has 0 aromatic heterocycles. The van der Waals surface area contributed by atoms with Gasteiger partial charge < -0.3 is 19.7 Å². The van der Waals surface area contributed by atoms with E-state index in [-0.39, 0.29) is 37.5 Å². The Bertz CT molecular complexity index is 792. The number of carbonyl (C=O) groups excluding carboxylic acids is 2. The van der Waals surface area contributed by atoms with Gasteiger partial charge in [0.05, 0.1) is 0 Å². The molecule has 0 fully saturated rings. The zero-order chi connectivity index (χ0) is 17.8. The summed E-state index contributed by atoms with van der Waals surface area (Å²) in [6, 6.07) is 10.9. The number of benzene rings is 2. The maximum atomic E-state index is 13.0. The van der Waals surface area contributed by atoms with Crippen molar-refractivity contribution >= 4 is 17.5 Å². The van der Waals surface area contributed by atoms with Crippen LogP contribution < -0.4 is 14.8 Å². The molecule has 0 spiro atoms. The van der Waals surface area contributed by atoms with E-state index < -0.39 is 0 Å². The van der Waals surface area contributed by atoms with Crippen LogP contribution in [0, 0.1) is 5.82 Å². The molecule has 7 heteroatoms. The van der Waals surface area contributed by atoms with Crippen LogP contribution >= 0.6 is 0 Å². The van der Waals surface area contributed by atoms with Crippen molar-refractivity contribution in [1.82, 2.24) is 4.90 Å². The summed E-state index contributed by atoms with van der Waals surface area (Å²) in [7, 11) is 0. The normalized spacial score (nSPS) is 11.9. The SMILES string of the molecule is CC(=O)N(CC(=O)Nc1ccc2c(c1)OCO2)Cc1ccc(F)cc1. The molecular formula is C18H17FN2O4. The Hall–Kier alpha value is -3.09. The maximum Gasteiger partial charge on any atom is 0.244 e. The first-order valence-electron chi connectivity index (χ1n) is 7.71. The van der Waals surface area contributed by atoms with Gasteiger partial charge in [-0.2, -0.15) is 0 Å². The van der Waals surface area contributed by atoms with Crippen LogP contribution in [0.15, 0.2) is 42.5 Å². The quantitative estimate of drug-likeness (QED) is 0.905. The van der Waals surface area contributed by atoms with E-state index in [1.165, 1.54) is 24.0 Å². The molecule has 0 unspecified atom stereocenters. The van der Waals surface area contributed by atoms with Gasteiger partial charge in [0.2, 0.25) is 18.6 Å². The van der Waals surface area contributed by atoms with Crippen molar-refractivity contribution < 1.29 is 23.5 Å². The molecule has 0 saturated heterocycles. The number of nitrogens with zero attached hydrogens (tertiary/aromatic N) is 1. The fraction of sp³-hybridized carbons (Fsp3) is 0.222. The van der Waals surface area contributed by atoms with E-state index in [0.717, 1.165) is 5.56 Å². The number of rotatable bonds is 5. The molecule has 1 heterocycles. The lowest BCUT2D eigenvalue weighted by Gasteiger charge is -2.20. The number of hydrogen-bond acceptors (Lipinski definition) is 4. The van der Waals surface area contributed by atoms with Crippen LogP contribution in [0.2, 0.25) is 0 Å². The number of halogens is 1. The standard InChI is InChI=1S/C18H17FN2O4/c1-12(22)21(9-13-2-4-14(19)5-3-13)10-18(23)20-15-6-7-16-17(8-15)25-11-24-16/h2-8H,9-11H2,1H3,(H,20,23). The third-order valence-electron chi connectivity index (χ3n) is 3.72. The molecule has 0 atom stereocenters. The first-order valence-corrected chi connectivity index (χ1v) is 7.71. The number of fused-ring (bicyclic) bond motifs is 1. The molecule has 3 rings (SSSR count). The van der Waals surface area contributed by atoms with E-state index in [4.69, 9.17) is 9.47 Å². The topological polar surface area (TPSA) is 67.9 Å². The number of ether oxygens (including phenoxy) is 2. The van der Waals surface area contributed by atoms with Crippen molar-refractivity contribution in [1.29, 1.82) is 0 Å². The van der Waals surface area contributed by atoms with Crippen molar-refractivity contribution in [3.8, 4) is 11.5 Å². The molecule has 1 aliphatic heterocycles. The summed E-state index contributed by atoms with van der Waals surface area (Å²) in [5.41, 5.74) is 1.30. The van der Waals surface area contributed by atoms with Gasteiger partial charge in [-0.3, -0.25) is 9.59 Å². The second-order valence-corrected chi connectivity index (χ2v) is 5.62. The fourth-order valence-electron chi connectivity index (χ4n) is 2.44. The molecule has 0 saturated carbocycles. The van der Waals surface area contributed by atoms with Crippen LogP contribution in [0.5, 0.6) is 11.5 Å². The summed E-state index contributed by atoms with van der Waals surface area (Å²) in [5.74, 6) is 0.257. The number of amides is 2. The summed E-state index contributed by atoms with van der Waals surface area (Å²) in [6.07, 6.45) is 0. The minimum absolute atomic E-state index is 0.110. The smallest absolute Gasteiger partial charge is 0.244 e. The molecule has 2 amide bonds.